The smallest absolute Gasteiger partial charge is 0.0585 e. The van der Waals surface area contributed by atoms with Gasteiger partial charge in [-0.3, -0.25) is 0 Å². The Balaban J connectivity index is 1.32. The van der Waals surface area contributed by atoms with E-state index in [-0.39, 0.29) is 0 Å². The van der Waals surface area contributed by atoms with Gasteiger partial charge in [0.15, 0.2) is 0 Å². The summed E-state index contributed by atoms with van der Waals surface area (Å²) in [4.78, 5) is 0. The monoisotopic (exact) mass is 296 g/mol. The molecule has 120 valence electrons. The number of rotatable bonds is 3. The largest absolute Gasteiger partial charge is 0.150 e. The summed E-state index contributed by atoms with van der Waals surface area (Å²) in [5.74, 6) is 10.6. The summed E-state index contributed by atoms with van der Waals surface area (Å²) in [5.41, 5.74) is 0. The zero-order valence-corrected chi connectivity index (χ0v) is 14.3. The molecule has 0 saturated heterocycles. The van der Waals surface area contributed by atoms with Gasteiger partial charge in [0.05, 0.1) is 0 Å². The van der Waals surface area contributed by atoms with Gasteiger partial charge in [-0.15, -0.1) is 0 Å². The van der Waals surface area contributed by atoms with Gasteiger partial charge in [-0.2, -0.15) is 0 Å². The van der Waals surface area contributed by atoms with Crippen LogP contribution in [0.15, 0.2) is 0 Å². The van der Waals surface area contributed by atoms with Crippen LogP contribution >= 0.6 is 0 Å². The van der Waals surface area contributed by atoms with E-state index in [0.29, 0.717) is 0 Å². The van der Waals surface area contributed by atoms with E-state index in [4.69, 9.17) is 0 Å². The van der Waals surface area contributed by atoms with E-state index in [2.05, 4.69) is 0 Å². The van der Waals surface area contributed by atoms with E-state index in [0.717, 1.165) is 17.8 Å². The summed E-state index contributed by atoms with van der Waals surface area (Å²) in [6.45, 7) is 1.20. The molecule has 0 heterocycles. The first kappa shape index (κ1) is 13.4. The van der Waals surface area contributed by atoms with Crippen LogP contribution in [0.5, 0.6) is 0 Å². The Bertz CT molecular complexity index is 392. The second kappa shape index (κ2) is 4.79. The minimum atomic E-state index is 1.16. The summed E-state index contributed by atoms with van der Waals surface area (Å²) >= 11 is 0. The summed E-state index contributed by atoms with van der Waals surface area (Å²) in [5, 5.41) is 0. The first-order chi connectivity index (χ1) is 10.8. The fourth-order valence-corrected chi connectivity index (χ4v) is 9.25. The highest BCUT2D eigenvalue weighted by molar-refractivity contribution is 6.64. The van der Waals surface area contributed by atoms with Crippen molar-refractivity contribution in [2.45, 2.75) is 94.5 Å². The molecule has 1 unspecified atom stereocenters. The van der Waals surface area contributed by atoms with Crippen molar-refractivity contribution in [2.24, 2.45) is 35.5 Å². The molecule has 9 atom stereocenters. The van der Waals surface area contributed by atoms with Crippen molar-refractivity contribution in [3.8, 4) is 0 Å². The number of fused-ring (bicyclic) bond motifs is 6. The van der Waals surface area contributed by atoms with Crippen LogP contribution in [0.3, 0.4) is 0 Å². The molecular weight excluding hydrogens is 263 g/mol. The van der Waals surface area contributed by atoms with Gasteiger partial charge in [0, 0.05) is 0 Å². The minimum absolute atomic E-state index is 1.16. The van der Waals surface area contributed by atoms with Crippen molar-refractivity contribution in [2.75, 3.05) is 0 Å². The lowest BCUT2D eigenvalue weighted by molar-refractivity contribution is 0.405. The van der Waals surface area contributed by atoms with Crippen LogP contribution in [-0.2, 0) is 0 Å². The maximum absolute atomic E-state index is 1.66. The number of hydrogen-bond acceptors (Lipinski definition) is 0. The van der Waals surface area contributed by atoms with Crippen LogP contribution in [0.25, 0.3) is 0 Å². The van der Waals surface area contributed by atoms with E-state index in [9.17, 15) is 0 Å². The molecule has 22 heavy (non-hydrogen) atoms. The quantitative estimate of drug-likeness (QED) is 0.556. The van der Waals surface area contributed by atoms with E-state index in [1.165, 1.54) is 41.9 Å². The standard InChI is InChI=1S/C21H33B/c1-4-16-7-13(1)10-19(16)22(20-11-14-2-5-17(20)8-14)21-12-15-3-6-18(21)9-15/h13-21H,1-12H2/t13-,14-,15?,16+,17+,18-,19+,20+,21+/m0/s1. The predicted molar refractivity (Wildman–Crippen MR) is 93.3 cm³/mol. The molecule has 6 aliphatic carbocycles. The van der Waals surface area contributed by atoms with Gasteiger partial charge < -0.3 is 0 Å². The maximum Gasteiger partial charge on any atom is 0.150 e. The van der Waals surface area contributed by atoms with Crippen molar-refractivity contribution in [1.29, 1.82) is 0 Å². The van der Waals surface area contributed by atoms with Gasteiger partial charge in [-0.1, -0.05) is 75.2 Å². The molecule has 0 nitrogen and oxygen atoms in total. The third-order valence-electron chi connectivity index (χ3n) is 9.86. The molecule has 1 heteroatoms. The molecule has 0 radical (unpaired) electrons. The normalized spacial score (nSPS) is 58.1. The fraction of sp³-hybridized carbons (Fsp3) is 1.00. The Hall–Kier alpha value is 0.0649. The van der Waals surface area contributed by atoms with Crippen LogP contribution in [0, 0.1) is 35.5 Å². The molecule has 0 aromatic heterocycles. The first-order valence-corrected chi connectivity index (χ1v) is 10.8. The second-order valence-electron chi connectivity index (χ2n) is 10.6. The topological polar surface area (TPSA) is 0 Å². The lowest BCUT2D eigenvalue weighted by atomic mass is 9.23. The molecule has 6 bridgehead atoms. The van der Waals surface area contributed by atoms with E-state index in [1.54, 1.807) is 77.0 Å². The summed E-state index contributed by atoms with van der Waals surface area (Å²) in [6, 6.07) is 0. The molecule has 0 N–H and O–H groups in total. The molecule has 0 aliphatic heterocycles. The van der Waals surface area contributed by atoms with Crippen LogP contribution in [-0.4, -0.2) is 6.71 Å². The average Bonchev–Trinajstić information content (AvgIpc) is 3.32. The SMILES string of the molecule is C1C[C@H]2CC1C[C@H]2B([C@@H]1C[C@H]2CC[C@@H]1C2)[C@@H]1C[C@H]2CC[C@@H]1C2. The van der Waals surface area contributed by atoms with Gasteiger partial charge in [-0.25, -0.2) is 0 Å². The van der Waals surface area contributed by atoms with E-state index < -0.39 is 0 Å². The van der Waals surface area contributed by atoms with Gasteiger partial charge >= 0.3 is 0 Å². The third-order valence-corrected chi connectivity index (χ3v) is 9.86. The Morgan fingerprint density at radius 1 is 0.409 bits per heavy atom. The third kappa shape index (κ3) is 1.83. The molecule has 6 rings (SSSR count). The van der Waals surface area contributed by atoms with Crippen molar-refractivity contribution in [1.82, 2.24) is 0 Å². The Kier molecular flexibility index (Phi) is 2.91. The Morgan fingerprint density at radius 2 is 0.773 bits per heavy atom. The molecule has 0 aromatic rings. The van der Waals surface area contributed by atoms with Gasteiger partial charge in [0.2, 0.25) is 0 Å². The average molecular weight is 296 g/mol. The molecule has 6 saturated carbocycles. The van der Waals surface area contributed by atoms with E-state index in [1.807, 2.05) is 0 Å². The highest BCUT2D eigenvalue weighted by Gasteiger charge is 2.57. The second-order valence-corrected chi connectivity index (χ2v) is 10.6. The van der Waals surface area contributed by atoms with Crippen molar-refractivity contribution >= 4 is 6.71 Å². The lowest BCUT2D eigenvalue weighted by Crippen LogP contribution is -2.39. The fourth-order valence-electron chi connectivity index (χ4n) is 9.25. The predicted octanol–water partition coefficient (Wildman–Crippen LogP) is 6.05. The number of hydrogen-bond donors (Lipinski definition) is 0. The van der Waals surface area contributed by atoms with Crippen LogP contribution in [0.2, 0.25) is 17.5 Å². The van der Waals surface area contributed by atoms with Crippen LogP contribution < -0.4 is 0 Å². The highest BCUT2D eigenvalue weighted by atomic mass is 14.5. The zero-order chi connectivity index (χ0) is 14.3. The maximum atomic E-state index is 1.66. The lowest BCUT2D eigenvalue weighted by Gasteiger charge is -2.42. The summed E-state index contributed by atoms with van der Waals surface area (Å²) < 4.78 is 0. The molecule has 6 fully saturated rings. The minimum Gasteiger partial charge on any atom is -0.0585 e. The first-order valence-electron chi connectivity index (χ1n) is 10.8. The van der Waals surface area contributed by atoms with Crippen molar-refractivity contribution in [3.63, 3.8) is 0 Å². The molecule has 6 aliphatic rings. The molecule has 0 aromatic carbocycles. The Labute approximate surface area is 137 Å². The Morgan fingerprint density at radius 3 is 1.00 bits per heavy atom. The van der Waals surface area contributed by atoms with Gasteiger partial charge in [0.25, 0.3) is 0 Å². The van der Waals surface area contributed by atoms with Gasteiger partial charge in [-0.05, 0) is 54.8 Å². The van der Waals surface area contributed by atoms with Crippen LogP contribution in [0.4, 0.5) is 0 Å². The van der Waals surface area contributed by atoms with Crippen molar-refractivity contribution < 1.29 is 0 Å². The van der Waals surface area contributed by atoms with Crippen LogP contribution in [0.1, 0.15) is 77.0 Å². The molecule has 0 amide bonds. The molecule has 0 spiro atoms. The highest BCUT2D eigenvalue weighted by Crippen LogP contribution is 2.66. The van der Waals surface area contributed by atoms with E-state index >= 15 is 0 Å². The molecular formula is C21H33B. The van der Waals surface area contributed by atoms with Crippen molar-refractivity contribution in [3.05, 3.63) is 0 Å². The zero-order valence-electron chi connectivity index (χ0n) is 14.3. The summed E-state index contributed by atoms with van der Waals surface area (Å²) in [6.07, 6.45) is 19.6. The van der Waals surface area contributed by atoms with Gasteiger partial charge in [0.1, 0.15) is 6.71 Å². The summed E-state index contributed by atoms with van der Waals surface area (Å²) in [7, 11) is 0.